The number of benzene rings is 2. The number of amides is 1. The summed E-state index contributed by atoms with van der Waals surface area (Å²) in [4.78, 5) is 23.4. The van der Waals surface area contributed by atoms with Crippen LogP contribution in [-0.2, 0) is 26.9 Å². The van der Waals surface area contributed by atoms with Crippen LogP contribution >= 0.6 is 11.6 Å². The van der Waals surface area contributed by atoms with Gasteiger partial charge in [0.25, 0.3) is 5.91 Å². The fraction of sp³-hybridized carbons (Fsp3) is 0.176. The number of hydrogen-bond donors (Lipinski definition) is 1. The van der Waals surface area contributed by atoms with Crippen molar-refractivity contribution in [2.45, 2.75) is 12.6 Å². The molecule has 0 bridgehead atoms. The predicted octanol–water partition coefficient (Wildman–Crippen LogP) is 4.22. The van der Waals surface area contributed by atoms with Crippen molar-refractivity contribution in [3.05, 3.63) is 64.4 Å². The largest absolute Gasteiger partial charge is 0.455 e. The van der Waals surface area contributed by atoms with Crippen LogP contribution in [0.4, 0.5) is 23.2 Å². The van der Waals surface area contributed by atoms with Crippen molar-refractivity contribution in [3.8, 4) is 0 Å². The van der Waals surface area contributed by atoms with Gasteiger partial charge >= 0.3 is 12.1 Å². The van der Waals surface area contributed by atoms with E-state index in [4.69, 9.17) is 16.3 Å². The summed E-state index contributed by atoms with van der Waals surface area (Å²) in [6.45, 7) is -0.702. The molecule has 0 heterocycles. The summed E-state index contributed by atoms with van der Waals surface area (Å²) in [6.07, 6.45) is -4.77. The van der Waals surface area contributed by atoms with Crippen molar-refractivity contribution < 1.29 is 31.9 Å². The van der Waals surface area contributed by atoms with Gasteiger partial charge in [-0.25, -0.2) is 4.39 Å². The number of carbonyl (C=O) groups is 2. The molecule has 1 N–H and O–H groups in total. The molecule has 0 aromatic heterocycles. The van der Waals surface area contributed by atoms with Crippen molar-refractivity contribution in [1.82, 2.24) is 0 Å². The summed E-state index contributed by atoms with van der Waals surface area (Å²) < 4.78 is 55.5. The quantitative estimate of drug-likeness (QED) is 0.615. The smallest absolute Gasteiger partial charge is 0.416 e. The average molecular weight is 390 g/mol. The Morgan fingerprint density at radius 2 is 1.73 bits per heavy atom. The number of ether oxygens (including phenoxy) is 1. The molecule has 2 aromatic carbocycles. The molecule has 0 radical (unpaired) electrons. The van der Waals surface area contributed by atoms with E-state index in [1.807, 2.05) is 0 Å². The highest BCUT2D eigenvalue weighted by Gasteiger charge is 2.31. The molecule has 4 nitrogen and oxygen atoms in total. The van der Waals surface area contributed by atoms with Gasteiger partial charge in [-0.3, -0.25) is 9.59 Å². The van der Waals surface area contributed by atoms with Gasteiger partial charge in [-0.15, -0.1) is 0 Å². The number of alkyl halides is 3. The van der Waals surface area contributed by atoms with Crippen molar-refractivity contribution in [2.24, 2.45) is 0 Å². The fourth-order valence-corrected chi connectivity index (χ4v) is 2.11. The lowest BCUT2D eigenvalue weighted by Gasteiger charge is -2.12. The Bertz CT molecular complexity index is 807. The Balaban J connectivity index is 1.90. The summed E-state index contributed by atoms with van der Waals surface area (Å²) in [5.74, 6) is -2.06. The molecular weight excluding hydrogens is 378 g/mol. The Kier molecular flexibility index (Phi) is 6.20. The molecule has 0 spiro atoms. The van der Waals surface area contributed by atoms with Gasteiger partial charge in [-0.2, -0.15) is 13.2 Å². The van der Waals surface area contributed by atoms with Gasteiger partial charge in [0.2, 0.25) is 0 Å². The highest BCUT2D eigenvalue weighted by molar-refractivity contribution is 6.33. The number of nitrogens with one attached hydrogen (secondary N) is 1. The summed E-state index contributed by atoms with van der Waals surface area (Å²) in [5.41, 5.74) is -0.746. The molecule has 0 atom stereocenters. The van der Waals surface area contributed by atoms with Gasteiger partial charge in [-0.05, 0) is 35.9 Å². The second-order valence-corrected chi connectivity index (χ2v) is 5.61. The highest BCUT2D eigenvalue weighted by atomic mass is 35.5. The number of rotatable bonds is 5. The maximum Gasteiger partial charge on any atom is 0.416 e. The average Bonchev–Trinajstić information content (AvgIpc) is 2.56. The third-order valence-electron chi connectivity index (χ3n) is 3.19. The molecule has 26 heavy (non-hydrogen) atoms. The number of anilines is 1. The molecule has 138 valence electrons. The van der Waals surface area contributed by atoms with Gasteiger partial charge in [0, 0.05) is 0 Å². The third-order valence-corrected chi connectivity index (χ3v) is 3.52. The molecule has 0 saturated heterocycles. The minimum absolute atomic E-state index is 0.0935. The van der Waals surface area contributed by atoms with Crippen LogP contribution in [-0.4, -0.2) is 18.5 Å². The first-order chi connectivity index (χ1) is 12.1. The lowest BCUT2D eigenvalue weighted by atomic mass is 10.1. The van der Waals surface area contributed by atoms with Crippen molar-refractivity contribution in [2.75, 3.05) is 11.9 Å². The van der Waals surface area contributed by atoms with Crippen LogP contribution in [0.1, 0.15) is 11.1 Å². The number of halogens is 5. The molecule has 0 aliphatic carbocycles. The van der Waals surface area contributed by atoms with Crippen LogP contribution in [0.15, 0.2) is 42.5 Å². The Hall–Kier alpha value is -2.61. The van der Waals surface area contributed by atoms with Crippen LogP contribution in [0, 0.1) is 5.82 Å². The second-order valence-electron chi connectivity index (χ2n) is 5.20. The molecule has 0 aliphatic heterocycles. The van der Waals surface area contributed by atoms with Crippen molar-refractivity contribution in [3.63, 3.8) is 0 Å². The molecular formula is C17H12ClF4NO3. The van der Waals surface area contributed by atoms with E-state index in [1.54, 1.807) is 0 Å². The maximum atomic E-state index is 12.8. The summed E-state index contributed by atoms with van der Waals surface area (Å²) in [6, 6.07) is 7.58. The predicted molar refractivity (Wildman–Crippen MR) is 86.1 cm³/mol. The first-order valence-electron chi connectivity index (χ1n) is 7.22. The molecule has 1 amide bonds. The Morgan fingerprint density at radius 1 is 1.08 bits per heavy atom. The SMILES string of the molecule is O=C(COC(=O)Cc1ccc(F)cc1)Nc1cc(C(F)(F)F)ccc1Cl. The highest BCUT2D eigenvalue weighted by Crippen LogP contribution is 2.33. The fourth-order valence-electron chi connectivity index (χ4n) is 1.95. The van der Waals surface area contributed by atoms with E-state index in [2.05, 4.69) is 5.32 Å². The topological polar surface area (TPSA) is 55.4 Å². The lowest BCUT2D eigenvalue weighted by molar-refractivity contribution is -0.146. The Labute approximate surface area is 150 Å². The van der Waals surface area contributed by atoms with E-state index >= 15 is 0 Å². The van der Waals surface area contributed by atoms with Crippen LogP contribution < -0.4 is 5.32 Å². The number of esters is 1. The van der Waals surface area contributed by atoms with E-state index < -0.39 is 36.0 Å². The molecule has 2 aromatic rings. The number of hydrogen-bond acceptors (Lipinski definition) is 3. The molecule has 0 aliphatic rings. The van der Waals surface area contributed by atoms with Gasteiger partial charge in [-0.1, -0.05) is 23.7 Å². The first-order valence-corrected chi connectivity index (χ1v) is 7.59. The second kappa shape index (κ2) is 8.18. The summed E-state index contributed by atoms with van der Waals surface area (Å²) in [7, 11) is 0. The molecule has 0 unspecified atom stereocenters. The van der Waals surface area contributed by atoms with Crippen LogP contribution in [0.2, 0.25) is 5.02 Å². The Morgan fingerprint density at radius 3 is 2.35 bits per heavy atom. The lowest BCUT2D eigenvalue weighted by Crippen LogP contribution is -2.22. The minimum Gasteiger partial charge on any atom is -0.455 e. The zero-order chi connectivity index (χ0) is 19.3. The van der Waals surface area contributed by atoms with E-state index in [1.165, 1.54) is 24.3 Å². The zero-order valence-electron chi connectivity index (χ0n) is 13.1. The van der Waals surface area contributed by atoms with E-state index in [9.17, 15) is 27.2 Å². The van der Waals surface area contributed by atoms with Crippen LogP contribution in [0.25, 0.3) is 0 Å². The maximum absolute atomic E-state index is 12.8. The standard InChI is InChI=1S/C17H12ClF4NO3/c18-13-6-3-11(17(20,21)22)8-14(13)23-15(24)9-26-16(25)7-10-1-4-12(19)5-2-10/h1-6,8H,7,9H2,(H,23,24). The van der Waals surface area contributed by atoms with Gasteiger partial charge in [0.05, 0.1) is 22.7 Å². The molecule has 2 rings (SSSR count). The molecule has 0 fully saturated rings. The first kappa shape index (κ1) is 19.7. The van der Waals surface area contributed by atoms with Gasteiger partial charge in [0.1, 0.15) is 5.82 Å². The van der Waals surface area contributed by atoms with E-state index in [0.29, 0.717) is 11.6 Å². The van der Waals surface area contributed by atoms with Gasteiger partial charge in [0.15, 0.2) is 6.61 Å². The van der Waals surface area contributed by atoms with Crippen LogP contribution in [0.5, 0.6) is 0 Å². The van der Waals surface area contributed by atoms with E-state index in [0.717, 1.165) is 12.1 Å². The normalized spacial score (nSPS) is 11.1. The van der Waals surface area contributed by atoms with Crippen molar-refractivity contribution >= 4 is 29.2 Å². The summed E-state index contributed by atoms with van der Waals surface area (Å²) in [5, 5.41) is 2.06. The third kappa shape index (κ3) is 5.73. The molecule has 0 saturated carbocycles. The van der Waals surface area contributed by atoms with Crippen molar-refractivity contribution in [1.29, 1.82) is 0 Å². The minimum atomic E-state index is -4.59. The molecule has 9 heteroatoms. The van der Waals surface area contributed by atoms with Gasteiger partial charge < -0.3 is 10.1 Å². The summed E-state index contributed by atoms with van der Waals surface area (Å²) >= 11 is 5.75. The van der Waals surface area contributed by atoms with Crippen LogP contribution in [0.3, 0.4) is 0 Å². The van der Waals surface area contributed by atoms with E-state index in [-0.39, 0.29) is 17.1 Å². The monoisotopic (exact) mass is 389 g/mol. The zero-order valence-corrected chi connectivity index (χ0v) is 13.8. The number of carbonyl (C=O) groups excluding carboxylic acids is 2.